The molecule has 2 unspecified atom stereocenters. The molecule has 3 nitrogen and oxygen atoms in total. The Morgan fingerprint density at radius 1 is 1.35 bits per heavy atom. The van der Waals surface area contributed by atoms with Gasteiger partial charge in [0.1, 0.15) is 5.41 Å². The number of hydrogen-bond acceptors (Lipinski definition) is 2. The van der Waals surface area contributed by atoms with Crippen molar-refractivity contribution in [2.75, 3.05) is 0 Å². The van der Waals surface area contributed by atoms with E-state index in [4.69, 9.17) is 0 Å². The Labute approximate surface area is 120 Å². The highest BCUT2D eigenvalue weighted by atomic mass is 16.4. The molecule has 0 saturated heterocycles. The number of aliphatic hydroxyl groups excluding tert-OH is 1. The summed E-state index contributed by atoms with van der Waals surface area (Å²) in [5.41, 5.74) is 0.833. The third kappa shape index (κ3) is 2.24. The molecule has 2 aliphatic carbocycles. The van der Waals surface area contributed by atoms with Crippen molar-refractivity contribution in [1.82, 2.24) is 0 Å². The summed E-state index contributed by atoms with van der Waals surface area (Å²) < 4.78 is 0. The van der Waals surface area contributed by atoms with E-state index >= 15 is 0 Å². The molecule has 0 heterocycles. The lowest BCUT2D eigenvalue weighted by molar-refractivity contribution is -0.149. The minimum atomic E-state index is -1.23. The number of aliphatic hydroxyl groups is 1. The first-order valence-corrected chi connectivity index (χ1v) is 7.32. The Bertz CT molecular complexity index is 480. The predicted octanol–water partition coefficient (Wildman–Crippen LogP) is 3.46. The van der Waals surface area contributed by atoms with E-state index in [-0.39, 0.29) is 5.41 Å². The Hall–Kier alpha value is -1.35. The van der Waals surface area contributed by atoms with E-state index in [1.54, 1.807) is 19.1 Å². The summed E-state index contributed by atoms with van der Waals surface area (Å²) in [7, 11) is 0. The molecule has 2 atom stereocenters. The molecule has 1 fully saturated rings. The van der Waals surface area contributed by atoms with Gasteiger partial charge in [-0.05, 0) is 32.3 Å². The first-order valence-electron chi connectivity index (χ1n) is 7.32. The molecule has 0 aliphatic heterocycles. The van der Waals surface area contributed by atoms with Crippen LogP contribution in [0.4, 0.5) is 0 Å². The summed E-state index contributed by atoms with van der Waals surface area (Å²) in [6.07, 6.45) is 9.89. The van der Waals surface area contributed by atoms with Gasteiger partial charge in [-0.1, -0.05) is 49.6 Å². The zero-order chi connectivity index (χ0) is 15.0. The predicted molar refractivity (Wildman–Crippen MR) is 79.3 cm³/mol. The fourth-order valence-electron chi connectivity index (χ4n) is 3.39. The third-order valence-electron chi connectivity index (χ3n) is 5.10. The van der Waals surface area contributed by atoms with Gasteiger partial charge in [0, 0.05) is 5.41 Å². The van der Waals surface area contributed by atoms with Gasteiger partial charge in [0.2, 0.25) is 0 Å². The Kier molecular flexibility index (Phi) is 3.92. The van der Waals surface area contributed by atoms with Gasteiger partial charge in [0.25, 0.3) is 0 Å². The van der Waals surface area contributed by atoms with Crippen LogP contribution in [0.1, 0.15) is 46.0 Å². The molecule has 0 spiro atoms. The van der Waals surface area contributed by atoms with Crippen molar-refractivity contribution in [2.45, 2.75) is 52.1 Å². The summed E-state index contributed by atoms with van der Waals surface area (Å²) in [6, 6.07) is 0. The van der Waals surface area contributed by atoms with Crippen LogP contribution >= 0.6 is 0 Å². The van der Waals surface area contributed by atoms with Gasteiger partial charge in [0.05, 0.1) is 6.10 Å². The maximum absolute atomic E-state index is 11.3. The van der Waals surface area contributed by atoms with Crippen LogP contribution in [0.25, 0.3) is 0 Å². The molecule has 2 N–H and O–H groups in total. The van der Waals surface area contributed by atoms with Crippen molar-refractivity contribution in [2.24, 2.45) is 10.8 Å². The van der Waals surface area contributed by atoms with Crippen LogP contribution in [-0.4, -0.2) is 22.3 Å². The van der Waals surface area contributed by atoms with Crippen molar-refractivity contribution in [3.05, 3.63) is 36.0 Å². The van der Waals surface area contributed by atoms with Crippen molar-refractivity contribution in [3.8, 4) is 0 Å². The lowest BCUT2D eigenvalue weighted by atomic mass is 9.62. The number of carboxylic acids is 1. The molecule has 2 aliphatic rings. The van der Waals surface area contributed by atoms with Gasteiger partial charge in [-0.3, -0.25) is 4.79 Å². The summed E-state index contributed by atoms with van der Waals surface area (Å²) >= 11 is 0. The van der Waals surface area contributed by atoms with Crippen molar-refractivity contribution in [3.63, 3.8) is 0 Å². The second-order valence-electron chi connectivity index (χ2n) is 6.41. The standard InChI is InChI=1S/C17H24O3/c1-12(2)17(8-5-4-6-9-17)13-7-10-16(3,15(19)20)14(18)11-13/h7,10-11,14,18H,1,4-6,8-9H2,2-3H3,(H,19,20). The summed E-state index contributed by atoms with van der Waals surface area (Å²) in [5.74, 6) is -0.996. The second kappa shape index (κ2) is 5.21. The van der Waals surface area contributed by atoms with E-state index in [9.17, 15) is 15.0 Å². The fourth-order valence-corrected chi connectivity index (χ4v) is 3.39. The molecule has 110 valence electrons. The molecular formula is C17H24O3. The molecule has 0 amide bonds. The average molecular weight is 276 g/mol. The number of hydrogen-bond donors (Lipinski definition) is 2. The van der Waals surface area contributed by atoms with Crippen molar-refractivity contribution in [1.29, 1.82) is 0 Å². The van der Waals surface area contributed by atoms with Gasteiger partial charge in [-0.25, -0.2) is 0 Å². The highest BCUT2D eigenvalue weighted by molar-refractivity contribution is 5.78. The molecule has 0 bridgehead atoms. The van der Waals surface area contributed by atoms with Crippen LogP contribution in [0.15, 0.2) is 36.0 Å². The van der Waals surface area contributed by atoms with Crippen LogP contribution < -0.4 is 0 Å². The summed E-state index contributed by atoms with van der Waals surface area (Å²) in [5, 5.41) is 19.5. The summed E-state index contributed by atoms with van der Waals surface area (Å²) in [6.45, 7) is 7.74. The topological polar surface area (TPSA) is 57.5 Å². The normalized spacial score (nSPS) is 32.5. The first-order chi connectivity index (χ1) is 9.33. The van der Waals surface area contributed by atoms with Gasteiger partial charge in [0.15, 0.2) is 0 Å². The van der Waals surface area contributed by atoms with E-state index in [2.05, 4.69) is 6.58 Å². The van der Waals surface area contributed by atoms with E-state index in [1.807, 2.05) is 13.0 Å². The Balaban J connectivity index is 2.36. The van der Waals surface area contributed by atoms with Gasteiger partial charge in [-0.15, -0.1) is 0 Å². The largest absolute Gasteiger partial charge is 0.481 e. The lowest BCUT2D eigenvalue weighted by Gasteiger charge is -2.42. The van der Waals surface area contributed by atoms with Crippen LogP contribution in [0.5, 0.6) is 0 Å². The molecule has 0 radical (unpaired) electrons. The number of carboxylic acid groups (broad SMARTS) is 1. The zero-order valence-corrected chi connectivity index (χ0v) is 12.4. The fraction of sp³-hybridized carbons (Fsp3) is 0.588. The molecular weight excluding hydrogens is 252 g/mol. The second-order valence-corrected chi connectivity index (χ2v) is 6.41. The molecule has 0 aromatic carbocycles. The monoisotopic (exact) mass is 276 g/mol. The first kappa shape index (κ1) is 15.0. The lowest BCUT2D eigenvalue weighted by Crippen LogP contribution is -2.40. The van der Waals surface area contributed by atoms with Crippen molar-refractivity contribution >= 4 is 5.97 Å². The van der Waals surface area contributed by atoms with Gasteiger partial charge >= 0.3 is 5.97 Å². The molecule has 2 rings (SSSR count). The van der Waals surface area contributed by atoms with Crippen LogP contribution in [-0.2, 0) is 4.79 Å². The van der Waals surface area contributed by atoms with E-state index in [0.29, 0.717) is 0 Å². The molecule has 0 aromatic heterocycles. The third-order valence-corrected chi connectivity index (χ3v) is 5.10. The average Bonchev–Trinajstić information content (AvgIpc) is 2.42. The molecule has 1 saturated carbocycles. The number of aliphatic carboxylic acids is 1. The number of allylic oxidation sites excluding steroid dienone is 3. The Morgan fingerprint density at radius 3 is 2.40 bits per heavy atom. The van der Waals surface area contributed by atoms with E-state index in [1.165, 1.54) is 6.42 Å². The number of carbonyl (C=O) groups is 1. The molecule has 3 heteroatoms. The number of rotatable bonds is 3. The maximum Gasteiger partial charge on any atom is 0.316 e. The summed E-state index contributed by atoms with van der Waals surface area (Å²) in [4.78, 5) is 11.3. The molecule has 20 heavy (non-hydrogen) atoms. The SMILES string of the molecule is C=C(C)C1(C2=CC(O)C(C)(C(=O)O)C=C2)CCCCC1. The van der Waals surface area contributed by atoms with Crippen molar-refractivity contribution < 1.29 is 15.0 Å². The maximum atomic E-state index is 11.3. The zero-order valence-electron chi connectivity index (χ0n) is 12.4. The minimum Gasteiger partial charge on any atom is -0.481 e. The van der Waals surface area contributed by atoms with Crippen LogP contribution in [0, 0.1) is 10.8 Å². The highest BCUT2D eigenvalue weighted by Gasteiger charge is 2.43. The Morgan fingerprint density at radius 2 is 1.95 bits per heavy atom. The smallest absolute Gasteiger partial charge is 0.316 e. The highest BCUT2D eigenvalue weighted by Crippen LogP contribution is 2.50. The molecule has 0 aromatic rings. The van der Waals surface area contributed by atoms with Crippen LogP contribution in [0.2, 0.25) is 0 Å². The van der Waals surface area contributed by atoms with E-state index < -0.39 is 17.5 Å². The van der Waals surface area contributed by atoms with Gasteiger partial charge < -0.3 is 10.2 Å². The quantitative estimate of drug-likeness (QED) is 0.776. The van der Waals surface area contributed by atoms with Crippen LogP contribution in [0.3, 0.4) is 0 Å². The van der Waals surface area contributed by atoms with Gasteiger partial charge in [-0.2, -0.15) is 0 Å². The van der Waals surface area contributed by atoms with E-state index in [0.717, 1.165) is 36.8 Å². The minimum absolute atomic E-state index is 0.0877.